The number of nitrogens with two attached hydrogens (primary N) is 1. The minimum atomic E-state index is -0.415. The summed E-state index contributed by atoms with van der Waals surface area (Å²) in [6.45, 7) is 7.87. The van der Waals surface area contributed by atoms with Gasteiger partial charge < -0.3 is 16.0 Å². The van der Waals surface area contributed by atoms with Gasteiger partial charge in [0, 0.05) is 44.0 Å². The first kappa shape index (κ1) is 16.0. The molecular weight excluding hydrogens is 280 g/mol. The lowest BCUT2D eigenvalue weighted by atomic mass is 10.1. The number of carbonyl (C=O) groups excluding carboxylic acids is 2. The highest BCUT2D eigenvalue weighted by atomic mass is 16.2. The molecule has 118 valence electrons. The monoisotopic (exact) mass is 302 g/mol. The van der Waals surface area contributed by atoms with Gasteiger partial charge in [0.1, 0.15) is 0 Å². The van der Waals surface area contributed by atoms with E-state index in [2.05, 4.69) is 21.7 Å². The number of hydrogen-bond acceptors (Lipinski definition) is 4. The Morgan fingerprint density at radius 2 is 1.82 bits per heavy atom. The summed E-state index contributed by atoms with van der Waals surface area (Å²) in [6.07, 6.45) is 1.67. The molecule has 6 nitrogen and oxygen atoms in total. The standard InChI is InChI=1S/C16H22N4O2/c1-2-7-18-15(21)12-19-8-10-20(11-9-19)14-5-3-13(4-6-14)16(17)22/h2-6H,1,7-12H2,(H2,17,22)(H,18,21). The number of hydrogen-bond donors (Lipinski definition) is 2. The van der Waals surface area contributed by atoms with E-state index in [-0.39, 0.29) is 5.91 Å². The highest BCUT2D eigenvalue weighted by Crippen LogP contribution is 2.17. The van der Waals surface area contributed by atoms with Gasteiger partial charge in [-0.15, -0.1) is 6.58 Å². The summed E-state index contributed by atoms with van der Waals surface area (Å²) in [5.74, 6) is -0.388. The number of nitrogens with one attached hydrogen (secondary N) is 1. The van der Waals surface area contributed by atoms with Crippen LogP contribution in [-0.4, -0.2) is 56.0 Å². The molecule has 0 aromatic heterocycles. The van der Waals surface area contributed by atoms with E-state index in [0.717, 1.165) is 31.9 Å². The average molecular weight is 302 g/mol. The zero-order valence-electron chi connectivity index (χ0n) is 12.6. The van der Waals surface area contributed by atoms with Crippen LogP contribution in [0.5, 0.6) is 0 Å². The third-order valence-corrected chi connectivity index (χ3v) is 3.70. The fourth-order valence-electron chi connectivity index (χ4n) is 2.45. The minimum Gasteiger partial charge on any atom is -0.369 e. The molecule has 1 fully saturated rings. The maximum Gasteiger partial charge on any atom is 0.248 e. The first-order chi connectivity index (χ1) is 10.6. The van der Waals surface area contributed by atoms with Gasteiger partial charge in [0.25, 0.3) is 0 Å². The lowest BCUT2D eigenvalue weighted by Crippen LogP contribution is -2.49. The van der Waals surface area contributed by atoms with Gasteiger partial charge in [-0.1, -0.05) is 6.08 Å². The van der Waals surface area contributed by atoms with Crippen molar-refractivity contribution in [3.8, 4) is 0 Å². The lowest BCUT2D eigenvalue weighted by Gasteiger charge is -2.35. The first-order valence-electron chi connectivity index (χ1n) is 7.35. The van der Waals surface area contributed by atoms with Crippen molar-refractivity contribution in [1.82, 2.24) is 10.2 Å². The summed E-state index contributed by atoms with van der Waals surface area (Å²) >= 11 is 0. The molecule has 0 radical (unpaired) electrons. The highest BCUT2D eigenvalue weighted by Gasteiger charge is 2.19. The Labute approximate surface area is 130 Å². The van der Waals surface area contributed by atoms with Gasteiger partial charge in [0.15, 0.2) is 0 Å². The van der Waals surface area contributed by atoms with E-state index in [1.165, 1.54) is 0 Å². The van der Waals surface area contributed by atoms with Crippen molar-refractivity contribution in [3.63, 3.8) is 0 Å². The van der Waals surface area contributed by atoms with Gasteiger partial charge in [-0.25, -0.2) is 0 Å². The number of primary amides is 1. The highest BCUT2D eigenvalue weighted by molar-refractivity contribution is 5.93. The van der Waals surface area contributed by atoms with E-state index in [1.54, 1.807) is 18.2 Å². The molecule has 0 unspecified atom stereocenters. The second-order valence-electron chi connectivity index (χ2n) is 5.27. The molecule has 1 aliphatic rings. The summed E-state index contributed by atoms with van der Waals surface area (Å²) < 4.78 is 0. The van der Waals surface area contributed by atoms with E-state index < -0.39 is 5.91 Å². The summed E-state index contributed by atoms with van der Waals surface area (Å²) in [7, 11) is 0. The number of benzene rings is 1. The van der Waals surface area contributed by atoms with Crippen molar-refractivity contribution in [3.05, 3.63) is 42.5 Å². The Hall–Kier alpha value is -2.34. The maximum atomic E-state index is 11.7. The van der Waals surface area contributed by atoms with Gasteiger partial charge in [0.05, 0.1) is 6.54 Å². The molecule has 1 saturated heterocycles. The van der Waals surface area contributed by atoms with Crippen molar-refractivity contribution in [2.24, 2.45) is 5.73 Å². The Morgan fingerprint density at radius 1 is 1.18 bits per heavy atom. The van der Waals surface area contributed by atoms with Gasteiger partial charge in [-0.2, -0.15) is 0 Å². The van der Waals surface area contributed by atoms with Crippen molar-refractivity contribution >= 4 is 17.5 Å². The molecule has 0 aliphatic carbocycles. The topological polar surface area (TPSA) is 78.7 Å². The van der Waals surface area contributed by atoms with E-state index in [1.807, 2.05) is 12.1 Å². The molecule has 0 bridgehead atoms. The van der Waals surface area contributed by atoms with Crippen LogP contribution in [0, 0.1) is 0 Å². The predicted molar refractivity (Wildman–Crippen MR) is 86.8 cm³/mol. The quantitative estimate of drug-likeness (QED) is 0.736. The van der Waals surface area contributed by atoms with Crippen LogP contribution < -0.4 is 16.0 Å². The number of amides is 2. The Balaban J connectivity index is 1.82. The number of piperazine rings is 1. The van der Waals surface area contributed by atoms with Crippen molar-refractivity contribution in [1.29, 1.82) is 0 Å². The first-order valence-corrected chi connectivity index (χ1v) is 7.35. The molecule has 0 spiro atoms. The molecule has 0 atom stereocenters. The molecule has 2 rings (SSSR count). The van der Waals surface area contributed by atoms with Crippen LogP contribution in [0.15, 0.2) is 36.9 Å². The van der Waals surface area contributed by atoms with Crippen molar-refractivity contribution in [2.75, 3.05) is 44.2 Å². The maximum absolute atomic E-state index is 11.7. The SMILES string of the molecule is C=CCNC(=O)CN1CCN(c2ccc(C(N)=O)cc2)CC1. The second-order valence-corrected chi connectivity index (χ2v) is 5.27. The summed E-state index contributed by atoms with van der Waals surface area (Å²) in [5.41, 5.74) is 6.82. The molecule has 22 heavy (non-hydrogen) atoms. The summed E-state index contributed by atoms with van der Waals surface area (Å²) in [6, 6.07) is 7.30. The predicted octanol–water partition coefficient (Wildman–Crippen LogP) is 0.210. The zero-order chi connectivity index (χ0) is 15.9. The number of anilines is 1. The van der Waals surface area contributed by atoms with Gasteiger partial charge in [-0.3, -0.25) is 14.5 Å². The van der Waals surface area contributed by atoms with Gasteiger partial charge in [0.2, 0.25) is 11.8 Å². The Kier molecular flexibility index (Phi) is 5.55. The van der Waals surface area contributed by atoms with Gasteiger partial charge >= 0.3 is 0 Å². The smallest absolute Gasteiger partial charge is 0.248 e. The normalized spacial score (nSPS) is 15.4. The average Bonchev–Trinajstić information content (AvgIpc) is 2.54. The third kappa shape index (κ3) is 4.33. The van der Waals surface area contributed by atoms with Crippen molar-refractivity contribution < 1.29 is 9.59 Å². The van der Waals surface area contributed by atoms with E-state index in [4.69, 9.17) is 5.73 Å². The lowest BCUT2D eigenvalue weighted by molar-refractivity contribution is -0.122. The van der Waals surface area contributed by atoms with Crippen LogP contribution in [0.25, 0.3) is 0 Å². The molecule has 1 aromatic carbocycles. The third-order valence-electron chi connectivity index (χ3n) is 3.70. The van der Waals surface area contributed by atoms with Crippen LogP contribution in [0.1, 0.15) is 10.4 Å². The molecule has 0 saturated carbocycles. The van der Waals surface area contributed by atoms with Gasteiger partial charge in [-0.05, 0) is 24.3 Å². The molecule has 1 aromatic rings. The van der Waals surface area contributed by atoms with Crippen LogP contribution in [0.3, 0.4) is 0 Å². The molecule has 3 N–H and O–H groups in total. The fourth-order valence-corrected chi connectivity index (χ4v) is 2.45. The molecule has 2 amide bonds. The molecular formula is C16H22N4O2. The molecule has 1 aliphatic heterocycles. The number of nitrogens with zero attached hydrogens (tertiary/aromatic N) is 2. The molecule has 6 heteroatoms. The van der Waals surface area contributed by atoms with E-state index in [9.17, 15) is 9.59 Å². The van der Waals surface area contributed by atoms with E-state index in [0.29, 0.717) is 18.7 Å². The second kappa shape index (κ2) is 7.61. The Bertz CT molecular complexity index is 534. The summed E-state index contributed by atoms with van der Waals surface area (Å²) in [4.78, 5) is 27.1. The summed E-state index contributed by atoms with van der Waals surface area (Å²) in [5, 5.41) is 2.78. The number of carbonyl (C=O) groups is 2. The molecule has 1 heterocycles. The minimum absolute atomic E-state index is 0.0270. The largest absolute Gasteiger partial charge is 0.369 e. The van der Waals surface area contributed by atoms with Crippen LogP contribution in [-0.2, 0) is 4.79 Å². The fraction of sp³-hybridized carbons (Fsp3) is 0.375. The van der Waals surface area contributed by atoms with Crippen LogP contribution in [0.2, 0.25) is 0 Å². The Morgan fingerprint density at radius 3 is 2.36 bits per heavy atom. The van der Waals surface area contributed by atoms with Crippen molar-refractivity contribution in [2.45, 2.75) is 0 Å². The van der Waals surface area contributed by atoms with Crippen LogP contribution in [0.4, 0.5) is 5.69 Å². The van der Waals surface area contributed by atoms with E-state index >= 15 is 0 Å². The number of rotatable bonds is 6. The van der Waals surface area contributed by atoms with Crippen LogP contribution >= 0.6 is 0 Å². The zero-order valence-corrected chi connectivity index (χ0v) is 12.6.